The van der Waals surface area contributed by atoms with Gasteiger partial charge in [-0.2, -0.15) is 0 Å². The number of aromatic amines is 1. The Hall–Kier alpha value is -1.56. The van der Waals surface area contributed by atoms with Crippen LogP contribution in [-0.4, -0.2) is 28.5 Å². The van der Waals surface area contributed by atoms with E-state index in [1.807, 2.05) is 6.92 Å². The zero-order valence-electron chi connectivity index (χ0n) is 9.71. The van der Waals surface area contributed by atoms with Gasteiger partial charge in [-0.1, -0.05) is 18.5 Å². The molecule has 17 heavy (non-hydrogen) atoms. The normalized spacial score (nSPS) is 11.9. The maximum Gasteiger partial charge on any atom is 0.271 e. The highest BCUT2D eigenvalue weighted by Crippen LogP contribution is 2.13. The minimum absolute atomic E-state index is 0.0531. The van der Waals surface area contributed by atoms with Crippen molar-refractivity contribution >= 4 is 23.3 Å². The maximum atomic E-state index is 11.6. The van der Waals surface area contributed by atoms with Crippen molar-refractivity contribution in [2.75, 3.05) is 11.9 Å². The third kappa shape index (κ3) is 3.74. The molecule has 0 saturated carbocycles. The standard InChI is InChI=1S/C10H15ClN4O2/c1-3-4-12-9(16)6(2)15-8-7(11)10(17)14-5-13-8/h5-6H,3-4H2,1-2H3,(H,12,16)(H2,13,14,15,17). The average molecular weight is 259 g/mol. The fraction of sp³-hybridized carbons (Fsp3) is 0.500. The zero-order chi connectivity index (χ0) is 12.8. The van der Waals surface area contributed by atoms with E-state index in [1.54, 1.807) is 6.92 Å². The van der Waals surface area contributed by atoms with Crippen LogP contribution in [0.4, 0.5) is 5.82 Å². The lowest BCUT2D eigenvalue weighted by molar-refractivity contribution is -0.121. The Balaban J connectivity index is 2.68. The molecule has 1 aromatic rings. The average Bonchev–Trinajstić information content (AvgIpc) is 2.31. The number of amides is 1. The third-order valence-corrected chi connectivity index (χ3v) is 2.44. The van der Waals surface area contributed by atoms with Crippen LogP contribution in [-0.2, 0) is 4.79 Å². The van der Waals surface area contributed by atoms with Gasteiger partial charge in [0.25, 0.3) is 5.56 Å². The molecule has 0 fully saturated rings. The van der Waals surface area contributed by atoms with E-state index >= 15 is 0 Å². The van der Waals surface area contributed by atoms with Gasteiger partial charge in [0.1, 0.15) is 11.1 Å². The van der Waals surface area contributed by atoms with Gasteiger partial charge in [-0.3, -0.25) is 9.59 Å². The molecule has 7 heteroatoms. The SMILES string of the molecule is CCCNC(=O)C(C)Nc1nc[nH]c(=O)c1Cl. The van der Waals surface area contributed by atoms with Gasteiger partial charge in [0.2, 0.25) is 5.91 Å². The van der Waals surface area contributed by atoms with Gasteiger partial charge in [0, 0.05) is 6.54 Å². The second-order valence-electron chi connectivity index (χ2n) is 3.55. The van der Waals surface area contributed by atoms with Crippen LogP contribution in [0.3, 0.4) is 0 Å². The van der Waals surface area contributed by atoms with Gasteiger partial charge in [-0.25, -0.2) is 4.98 Å². The number of hydrogen-bond donors (Lipinski definition) is 3. The van der Waals surface area contributed by atoms with Crippen LogP contribution in [0.5, 0.6) is 0 Å². The van der Waals surface area contributed by atoms with Crippen LogP contribution < -0.4 is 16.2 Å². The lowest BCUT2D eigenvalue weighted by Gasteiger charge is -2.14. The highest BCUT2D eigenvalue weighted by molar-refractivity contribution is 6.32. The van der Waals surface area contributed by atoms with E-state index in [9.17, 15) is 9.59 Å². The van der Waals surface area contributed by atoms with Gasteiger partial charge in [-0.05, 0) is 13.3 Å². The second-order valence-corrected chi connectivity index (χ2v) is 3.93. The molecule has 6 nitrogen and oxygen atoms in total. The Kier molecular flexibility index (Phi) is 4.96. The molecular weight excluding hydrogens is 244 g/mol. The summed E-state index contributed by atoms with van der Waals surface area (Å²) in [6.45, 7) is 4.25. The zero-order valence-corrected chi connectivity index (χ0v) is 10.5. The molecule has 1 atom stereocenters. The molecule has 1 rings (SSSR count). The first kappa shape index (κ1) is 13.5. The fourth-order valence-corrected chi connectivity index (χ4v) is 1.31. The van der Waals surface area contributed by atoms with Crippen LogP contribution in [0.1, 0.15) is 20.3 Å². The van der Waals surface area contributed by atoms with Crippen LogP contribution in [0.2, 0.25) is 5.02 Å². The van der Waals surface area contributed by atoms with E-state index in [0.29, 0.717) is 6.54 Å². The molecule has 94 valence electrons. The van der Waals surface area contributed by atoms with Gasteiger partial charge in [0.15, 0.2) is 5.82 Å². The van der Waals surface area contributed by atoms with Gasteiger partial charge >= 0.3 is 0 Å². The first-order valence-electron chi connectivity index (χ1n) is 5.33. The summed E-state index contributed by atoms with van der Waals surface area (Å²) in [6.07, 6.45) is 2.09. The van der Waals surface area contributed by atoms with Crippen LogP contribution >= 0.6 is 11.6 Å². The Morgan fingerprint density at radius 3 is 3.00 bits per heavy atom. The maximum absolute atomic E-state index is 11.6. The summed E-state index contributed by atoms with van der Waals surface area (Å²) in [6, 6.07) is -0.506. The largest absolute Gasteiger partial charge is 0.357 e. The molecule has 1 heterocycles. The van der Waals surface area contributed by atoms with Crippen molar-refractivity contribution < 1.29 is 4.79 Å². The molecular formula is C10H15ClN4O2. The molecule has 1 amide bonds. The monoisotopic (exact) mass is 258 g/mol. The number of hydrogen-bond acceptors (Lipinski definition) is 4. The van der Waals surface area contributed by atoms with Crippen molar-refractivity contribution in [3.05, 3.63) is 21.7 Å². The fourth-order valence-electron chi connectivity index (χ4n) is 1.16. The lowest BCUT2D eigenvalue weighted by Crippen LogP contribution is -2.38. The quantitative estimate of drug-likeness (QED) is 0.727. The lowest BCUT2D eigenvalue weighted by atomic mass is 10.3. The van der Waals surface area contributed by atoms with E-state index in [0.717, 1.165) is 6.42 Å². The summed E-state index contributed by atoms with van der Waals surface area (Å²) < 4.78 is 0. The van der Waals surface area contributed by atoms with Crippen molar-refractivity contribution in [3.63, 3.8) is 0 Å². The number of anilines is 1. The highest BCUT2D eigenvalue weighted by atomic mass is 35.5. The first-order chi connectivity index (χ1) is 8.06. The van der Waals surface area contributed by atoms with E-state index in [-0.39, 0.29) is 16.7 Å². The van der Waals surface area contributed by atoms with Crippen LogP contribution in [0.25, 0.3) is 0 Å². The number of carbonyl (C=O) groups excluding carboxylic acids is 1. The van der Waals surface area contributed by atoms with Crippen molar-refractivity contribution in [2.45, 2.75) is 26.3 Å². The molecule has 0 bridgehead atoms. The van der Waals surface area contributed by atoms with E-state index in [1.165, 1.54) is 6.33 Å². The van der Waals surface area contributed by atoms with Crippen molar-refractivity contribution in [3.8, 4) is 0 Å². The van der Waals surface area contributed by atoms with Crippen LogP contribution in [0, 0.1) is 0 Å². The number of nitrogens with one attached hydrogen (secondary N) is 3. The third-order valence-electron chi connectivity index (χ3n) is 2.09. The smallest absolute Gasteiger partial charge is 0.271 e. The summed E-state index contributed by atoms with van der Waals surface area (Å²) in [5, 5.41) is 5.46. The molecule has 1 aromatic heterocycles. The molecule has 0 saturated heterocycles. The van der Waals surface area contributed by atoms with Gasteiger partial charge in [0.05, 0.1) is 6.33 Å². The van der Waals surface area contributed by atoms with E-state index in [4.69, 9.17) is 11.6 Å². The summed E-state index contributed by atoms with van der Waals surface area (Å²) >= 11 is 5.75. The topological polar surface area (TPSA) is 86.9 Å². The van der Waals surface area contributed by atoms with Crippen molar-refractivity contribution in [2.24, 2.45) is 0 Å². The first-order valence-corrected chi connectivity index (χ1v) is 5.71. The predicted molar refractivity (Wildman–Crippen MR) is 66.3 cm³/mol. The van der Waals surface area contributed by atoms with Gasteiger partial charge < -0.3 is 15.6 Å². The molecule has 1 unspecified atom stereocenters. The van der Waals surface area contributed by atoms with Crippen LogP contribution in [0.15, 0.2) is 11.1 Å². The second kappa shape index (κ2) is 6.24. The minimum atomic E-state index is -0.506. The number of nitrogens with zero attached hydrogens (tertiary/aromatic N) is 1. The number of halogens is 1. The molecule has 3 N–H and O–H groups in total. The van der Waals surface area contributed by atoms with Crippen molar-refractivity contribution in [1.29, 1.82) is 0 Å². The Morgan fingerprint density at radius 1 is 1.65 bits per heavy atom. The molecule has 0 aliphatic heterocycles. The summed E-state index contributed by atoms with van der Waals surface area (Å²) in [5.74, 6) is 0.0413. The molecule has 0 aromatic carbocycles. The number of H-pyrrole nitrogens is 1. The van der Waals surface area contributed by atoms with Crippen molar-refractivity contribution in [1.82, 2.24) is 15.3 Å². The Morgan fingerprint density at radius 2 is 2.35 bits per heavy atom. The molecule has 0 radical (unpaired) electrons. The summed E-state index contributed by atoms with van der Waals surface area (Å²) in [5.41, 5.74) is -0.440. The number of rotatable bonds is 5. The predicted octanol–water partition coefficient (Wildman–Crippen LogP) is 0.750. The van der Waals surface area contributed by atoms with E-state index in [2.05, 4.69) is 20.6 Å². The molecule has 0 aliphatic rings. The summed E-state index contributed by atoms with van der Waals surface area (Å²) in [4.78, 5) is 29.0. The van der Waals surface area contributed by atoms with Gasteiger partial charge in [-0.15, -0.1) is 0 Å². The molecule has 0 spiro atoms. The van der Waals surface area contributed by atoms with E-state index < -0.39 is 11.6 Å². The molecule has 0 aliphatic carbocycles. The highest BCUT2D eigenvalue weighted by Gasteiger charge is 2.14. The minimum Gasteiger partial charge on any atom is -0.357 e. The number of aromatic nitrogens is 2. The Bertz CT molecular complexity index is 446. The Labute approximate surface area is 104 Å². The number of carbonyl (C=O) groups is 1. The summed E-state index contributed by atoms with van der Waals surface area (Å²) in [7, 11) is 0.